The first-order valence-electron chi connectivity index (χ1n) is 10.9. The number of hydrogen-bond donors (Lipinski definition) is 2. The number of imidazole rings is 1. The molecule has 4 aromatic carbocycles. The van der Waals surface area contributed by atoms with E-state index < -0.39 is 4.92 Å². The van der Waals surface area contributed by atoms with Gasteiger partial charge in [0.1, 0.15) is 5.82 Å². The number of benzene rings is 4. The van der Waals surface area contributed by atoms with Crippen molar-refractivity contribution >= 4 is 50.1 Å². The van der Waals surface area contributed by atoms with E-state index in [0.717, 1.165) is 33.1 Å². The molecule has 0 aliphatic rings. The van der Waals surface area contributed by atoms with E-state index in [1.807, 2.05) is 48.5 Å². The number of nitrogens with one attached hydrogen (secondary N) is 2. The van der Waals surface area contributed by atoms with E-state index in [-0.39, 0.29) is 11.6 Å². The number of nitrogens with zero attached hydrogens (tertiary/aromatic N) is 3. The summed E-state index contributed by atoms with van der Waals surface area (Å²) >= 11 is 0. The molecule has 8 nitrogen and oxygen atoms in total. The number of amides is 1. The maximum absolute atomic E-state index is 13.2. The lowest BCUT2D eigenvalue weighted by molar-refractivity contribution is -0.384. The summed E-state index contributed by atoms with van der Waals surface area (Å²) in [5, 5.41) is 15.8. The van der Waals surface area contributed by atoms with E-state index in [1.54, 1.807) is 30.3 Å². The highest BCUT2D eigenvalue weighted by Crippen LogP contribution is 2.31. The predicted molar refractivity (Wildman–Crippen MR) is 135 cm³/mol. The Morgan fingerprint density at radius 2 is 1.46 bits per heavy atom. The molecule has 0 spiro atoms. The topological polar surface area (TPSA) is 114 Å². The van der Waals surface area contributed by atoms with Crippen molar-refractivity contribution in [1.29, 1.82) is 0 Å². The van der Waals surface area contributed by atoms with Crippen LogP contribution >= 0.6 is 0 Å². The van der Waals surface area contributed by atoms with Gasteiger partial charge in [0.15, 0.2) is 0 Å². The zero-order chi connectivity index (χ0) is 23.9. The van der Waals surface area contributed by atoms with Gasteiger partial charge < -0.3 is 10.3 Å². The van der Waals surface area contributed by atoms with Gasteiger partial charge in [-0.15, -0.1) is 0 Å². The number of hydrogen-bond acceptors (Lipinski definition) is 5. The quantitative estimate of drug-likeness (QED) is 0.188. The summed E-state index contributed by atoms with van der Waals surface area (Å²) in [6, 6.07) is 27.0. The monoisotopic (exact) mass is 459 g/mol. The lowest BCUT2D eigenvalue weighted by atomic mass is 10.1. The Kier molecular flexibility index (Phi) is 4.70. The highest BCUT2D eigenvalue weighted by atomic mass is 16.6. The molecule has 6 rings (SSSR count). The van der Waals surface area contributed by atoms with Gasteiger partial charge in [-0.25, -0.2) is 9.97 Å². The minimum Gasteiger partial charge on any atom is -0.338 e. The lowest BCUT2D eigenvalue weighted by Crippen LogP contribution is -2.12. The van der Waals surface area contributed by atoms with E-state index >= 15 is 0 Å². The van der Waals surface area contributed by atoms with Crippen molar-refractivity contribution in [3.05, 3.63) is 107 Å². The van der Waals surface area contributed by atoms with Crippen LogP contribution in [0.2, 0.25) is 0 Å². The highest BCUT2D eigenvalue weighted by Gasteiger charge is 2.14. The van der Waals surface area contributed by atoms with Crippen molar-refractivity contribution in [2.24, 2.45) is 0 Å². The van der Waals surface area contributed by atoms with Crippen molar-refractivity contribution < 1.29 is 9.72 Å². The summed E-state index contributed by atoms with van der Waals surface area (Å²) in [6.45, 7) is 0. The van der Waals surface area contributed by atoms with Gasteiger partial charge in [-0.3, -0.25) is 14.9 Å². The first kappa shape index (κ1) is 20.5. The molecule has 0 atom stereocenters. The van der Waals surface area contributed by atoms with Crippen LogP contribution < -0.4 is 5.32 Å². The summed E-state index contributed by atoms with van der Waals surface area (Å²) < 4.78 is 0. The second kappa shape index (κ2) is 8.03. The Bertz CT molecular complexity index is 1720. The van der Waals surface area contributed by atoms with Gasteiger partial charge >= 0.3 is 0 Å². The summed E-state index contributed by atoms with van der Waals surface area (Å²) in [6.07, 6.45) is 0. The number of carbonyl (C=O) groups is 1. The molecular weight excluding hydrogens is 442 g/mol. The van der Waals surface area contributed by atoms with Crippen LogP contribution in [-0.2, 0) is 0 Å². The minimum absolute atomic E-state index is 0.00382. The second-order valence-corrected chi connectivity index (χ2v) is 8.10. The van der Waals surface area contributed by atoms with Gasteiger partial charge in [-0.05, 0) is 30.3 Å². The second-order valence-electron chi connectivity index (χ2n) is 8.10. The lowest BCUT2D eigenvalue weighted by Gasteiger charge is -2.12. The molecule has 168 valence electrons. The molecule has 2 heterocycles. The standard InChI is InChI=1S/C27H17N5O3/c33-27(31-25-19-5-1-3-7-21(19)28-22-8-4-2-6-20(22)25)17-11-9-16(10-12-17)26-29-23-14-13-18(32(34)35)15-24(23)30-26/h1-15H,(H,29,30)(H,28,31,33). The van der Waals surface area contributed by atoms with Gasteiger partial charge in [0.2, 0.25) is 0 Å². The number of rotatable bonds is 4. The normalized spacial score (nSPS) is 11.2. The Morgan fingerprint density at radius 3 is 2.11 bits per heavy atom. The molecule has 0 aliphatic carbocycles. The largest absolute Gasteiger partial charge is 0.338 e. The molecule has 0 unspecified atom stereocenters. The molecule has 8 heteroatoms. The first-order chi connectivity index (χ1) is 17.1. The van der Waals surface area contributed by atoms with E-state index in [2.05, 4.69) is 15.3 Å². The van der Waals surface area contributed by atoms with Crippen LogP contribution in [0.25, 0.3) is 44.2 Å². The van der Waals surface area contributed by atoms with Gasteiger partial charge in [0, 0.05) is 34.0 Å². The molecule has 0 radical (unpaired) electrons. The zero-order valence-corrected chi connectivity index (χ0v) is 18.2. The average Bonchev–Trinajstić information content (AvgIpc) is 3.32. The molecule has 0 bridgehead atoms. The van der Waals surface area contributed by atoms with Crippen LogP contribution in [0, 0.1) is 10.1 Å². The third-order valence-corrected chi connectivity index (χ3v) is 5.92. The van der Waals surface area contributed by atoms with Crippen LogP contribution in [0.15, 0.2) is 91.0 Å². The van der Waals surface area contributed by atoms with Crippen LogP contribution in [0.1, 0.15) is 10.4 Å². The summed E-state index contributed by atoms with van der Waals surface area (Å²) in [5.74, 6) is 0.330. The maximum Gasteiger partial charge on any atom is 0.271 e. The number of H-pyrrole nitrogens is 1. The van der Waals surface area contributed by atoms with Gasteiger partial charge in [0.25, 0.3) is 11.6 Å². The predicted octanol–water partition coefficient (Wildman–Crippen LogP) is 6.09. The molecule has 0 saturated heterocycles. The molecule has 1 amide bonds. The first-order valence-corrected chi connectivity index (χ1v) is 10.9. The Morgan fingerprint density at radius 1 is 0.800 bits per heavy atom. The molecule has 0 saturated carbocycles. The molecule has 0 fully saturated rings. The third-order valence-electron chi connectivity index (χ3n) is 5.92. The van der Waals surface area contributed by atoms with E-state index in [1.165, 1.54) is 12.1 Å². The fourth-order valence-electron chi connectivity index (χ4n) is 4.19. The Hall–Kier alpha value is -5.11. The van der Waals surface area contributed by atoms with Crippen molar-refractivity contribution in [2.45, 2.75) is 0 Å². The number of aromatic amines is 1. The number of aromatic nitrogens is 3. The van der Waals surface area contributed by atoms with Crippen LogP contribution in [0.3, 0.4) is 0 Å². The zero-order valence-electron chi connectivity index (χ0n) is 18.2. The molecule has 35 heavy (non-hydrogen) atoms. The number of carbonyl (C=O) groups excluding carboxylic acids is 1. The smallest absolute Gasteiger partial charge is 0.271 e. The van der Waals surface area contributed by atoms with Crippen molar-refractivity contribution in [3.63, 3.8) is 0 Å². The van der Waals surface area contributed by atoms with Crippen molar-refractivity contribution in [2.75, 3.05) is 5.32 Å². The van der Waals surface area contributed by atoms with E-state index in [0.29, 0.717) is 22.4 Å². The number of nitro benzene ring substituents is 1. The molecule has 6 aromatic rings. The number of non-ortho nitro benzene ring substituents is 1. The Labute approximate surface area is 198 Å². The Balaban J connectivity index is 1.32. The minimum atomic E-state index is -0.442. The van der Waals surface area contributed by atoms with E-state index in [4.69, 9.17) is 4.98 Å². The molecule has 2 N–H and O–H groups in total. The number of para-hydroxylation sites is 2. The maximum atomic E-state index is 13.2. The van der Waals surface area contributed by atoms with E-state index in [9.17, 15) is 14.9 Å². The summed E-state index contributed by atoms with van der Waals surface area (Å²) in [7, 11) is 0. The molecule has 2 aromatic heterocycles. The summed E-state index contributed by atoms with van der Waals surface area (Å²) in [5.41, 5.74) is 4.79. The fraction of sp³-hybridized carbons (Fsp3) is 0. The van der Waals surface area contributed by atoms with Crippen molar-refractivity contribution in [3.8, 4) is 11.4 Å². The number of fused-ring (bicyclic) bond motifs is 3. The average molecular weight is 459 g/mol. The SMILES string of the molecule is O=C(Nc1c2ccccc2nc2ccccc12)c1ccc(-c2nc3ccc([N+](=O)[O-])cc3[nH]2)cc1. The van der Waals surface area contributed by atoms with Crippen LogP contribution in [-0.4, -0.2) is 25.8 Å². The summed E-state index contributed by atoms with van der Waals surface area (Å²) in [4.78, 5) is 36.1. The van der Waals surface area contributed by atoms with Gasteiger partial charge in [-0.2, -0.15) is 0 Å². The number of pyridine rings is 1. The molecular formula is C27H17N5O3. The van der Waals surface area contributed by atoms with Crippen LogP contribution in [0.5, 0.6) is 0 Å². The van der Waals surface area contributed by atoms with Crippen molar-refractivity contribution in [1.82, 2.24) is 15.0 Å². The number of anilines is 1. The third kappa shape index (κ3) is 3.63. The number of nitro groups is 1. The van der Waals surface area contributed by atoms with Gasteiger partial charge in [0.05, 0.1) is 32.7 Å². The fourth-order valence-corrected chi connectivity index (χ4v) is 4.19. The van der Waals surface area contributed by atoms with Crippen LogP contribution in [0.4, 0.5) is 11.4 Å². The highest BCUT2D eigenvalue weighted by molar-refractivity contribution is 6.16. The molecule has 0 aliphatic heterocycles. The van der Waals surface area contributed by atoms with Gasteiger partial charge in [-0.1, -0.05) is 48.5 Å².